The molecule has 1 saturated heterocycles. The summed E-state index contributed by atoms with van der Waals surface area (Å²) in [6, 6.07) is 12.0. The van der Waals surface area contributed by atoms with Crippen LogP contribution in [0.5, 0.6) is 0 Å². The van der Waals surface area contributed by atoms with Gasteiger partial charge in [-0.25, -0.2) is 0 Å². The highest BCUT2D eigenvalue weighted by atomic mass is 15.2. The summed E-state index contributed by atoms with van der Waals surface area (Å²) in [5.74, 6) is 0. The molecule has 0 radical (unpaired) electrons. The van der Waals surface area contributed by atoms with E-state index in [2.05, 4.69) is 297 Å². The van der Waals surface area contributed by atoms with E-state index >= 15 is 0 Å². The molecule has 7 rings (SSSR count). The van der Waals surface area contributed by atoms with Crippen LogP contribution in [0.25, 0.3) is 0 Å². The maximum Gasteiger partial charge on any atom is 0.0459 e. The summed E-state index contributed by atoms with van der Waals surface area (Å²) in [7, 11) is 0. The van der Waals surface area contributed by atoms with E-state index in [4.69, 9.17) is 9.97 Å². The van der Waals surface area contributed by atoms with Crippen molar-refractivity contribution in [2.75, 3.05) is 13.1 Å². The number of nitrogens with zero attached hydrogens (tertiary/aromatic N) is 3. The molecule has 0 amide bonds. The molecule has 4 aliphatic rings. The van der Waals surface area contributed by atoms with E-state index in [0.29, 0.717) is 43.4 Å². The molecule has 3 nitrogen and oxygen atoms in total. The molecule has 3 heterocycles. The van der Waals surface area contributed by atoms with Crippen molar-refractivity contribution >= 4 is 0 Å². The maximum absolute atomic E-state index is 4.85. The highest BCUT2D eigenvalue weighted by molar-refractivity contribution is 5.42. The lowest BCUT2D eigenvalue weighted by Gasteiger charge is -2.59. The minimum atomic E-state index is 0.129. The molecule has 0 bridgehead atoms. The van der Waals surface area contributed by atoms with Crippen molar-refractivity contribution in [2.45, 2.75) is 322 Å². The number of aromatic nitrogens is 2. The Morgan fingerprint density at radius 3 is 1.00 bits per heavy atom. The fourth-order valence-electron chi connectivity index (χ4n) is 16.8. The molecule has 0 spiro atoms. The van der Waals surface area contributed by atoms with Gasteiger partial charge in [0.15, 0.2) is 0 Å². The third-order valence-corrected chi connectivity index (χ3v) is 22.8. The third-order valence-electron chi connectivity index (χ3n) is 22.8. The molecule has 1 aromatic carbocycles. The number of hydrogen-bond donors (Lipinski definition) is 0. The summed E-state index contributed by atoms with van der Waals surface area (Å²) in [5, 5.41) is 0. The Labute approximate surface area is 505 Å². The summed E-state index contributed by atoms with van der Waals surface area (Å²) in [6.07, 6.45) is 14.0. The molecule has 3 aromatic rings. The zero-order valence-corrected chi connectivity index (χ0v) is 61.0. The van der Waals surface area contributed by atoms with E-state index < -0.39 is 0 Å². The second-order valence-electron chi connectivity index (χ2n) is 39.4. The Morgan fingerprint density at radius 1 is 0.309 bits per heavy atom. The van der Waals surface area contributed by atoms with Crippen LogP contribution in [0.15, 0.2) is 42.7 Å². The van der Waals surface area contributed by atoms with Gasteiger partial charge in [-0.3, -0.25) is 14.9 Å². The largest absolute Gasteiger partial charge is 0.298 e. The van der Waals surface area contributed by atoms with Gasteiger partial charge in [-0.2, -0.15) is 0 Å². The van der Waals surface area contributed by atoms with Gasteiger partial charge in [-0.15, -0.1) is 0 Å². The van der Waals surface area contributed by atoms with E-state index in [1.54, 1.807) is 11.1 Å². The van der Waals surface area contributed by atoms with E-state index in [-0.39, 0.29) is 43.3 Å². The number of rotatable bonds is 0. The van der Waals surface area contributed by atoms with Crippen molar-refractivity contribution in [3.8, 4) is 0 Å². The predicted octanol–water partition coefficient (Wildman–Crippen LogP) is 22.2. The molecule has 462 valence electrons. The lowest BCUT2D eigenvalue weighted by Crippen LogP contribution is -2.56. The van der Waals surface area contributed by atoms with Crippen molar-refractivity contribution in [1.82, 2.24) is 14.9 Å². The average molecular weight is 1110 g/mol. The van der Waals surface area contributed by atoms with Gasteiger partial charge in [-0.05, 0) is 206 Å². The second-order valence-corrected chi connectivity index (χ2v) is 39.4. The SMILES string of the molecule is CC(C)(C)N1CCC(C(C)(C)C)(C(C)(C)C)CC1.CC(C)(C)c1cc2c(cn1)CC(C(C)(C)C)(C(C)(C)C)C2.CC(C)(C)c1ccc2c(c1)CC(C(C)(C)C)(C(C)(C)C)C2.CC(C)(C)c1cnc2c(c1)CC(C(C)(C)C)(C(C)(C)C)C2. The van der Waals surface area contributed by atoms with Gasteiger partial charge in [0, 0.05) is 34.7 Å². The molecular formula is C78H135N3. The number of pyridine rings is 2. The van der Waals surface area contributed by atoms with Crippen LogP contribution in [0.1, 0.15) is 312 Å². The predicted molar refractivity (Wildman–Crippen MR) is 359 cm³/mol. The van der Waals surface area contributed by atoms with Crippen molar-refractivity contribution in [3.05, 3.63) is 93.1 Å². The van der Waals surface area contributed by atoms with E-state index in [9.17, 15) is 0 Å². The third kappa shape index (κ3) is 14.5. The van der Waals surface area contributed by atoms with Gasteiger partial charge >= 0.3 is 0 Å². The maximum atomic E-state index is 4.85. The molecule has 0 N–H and O–H groups in total. The summed E-state index contributed by atoms with van der Waals surface area (Å²) in [6.45, 7) is 88.0. The van der Waals surface area contributed by atoms with Gasteiger partial charge in [0.05, 0.1) is 0 Å². The van der Waals surface area contributed by atoms with Gasteiger partial charge in [0.1, 0.15) is 0 Å². The Balaban J connectivity index is 0.000000233. The molecule has 3 aliphatic carbocycles. The molecule has 1 aliphatic heterocycles. The smallest absolute Gasteiger partial charge is 0.0459 e. The Hall–Kier alpha value is -2.52. The Morgan fingerprint density at radius 2 is 0.642 bits per heavy atom. The van der Waals surface area contributed by atoms with Crippen LogP contribution >= 0.6 is 0 Å². The second kappa shape index (κ2) is 22.3. The van der Waals surface area contributed by atoms with Crippen LogP contribution in [0, 0.1) is 65.0 Å². The first-order valence-electron chi connectivity index (χ1n) is 32.5. The van der Waals surface area contributed by atoms with Crippen LogP contribution in [-0.4, -0.2) is 33.5 Å². The topological polar surface area (TPSA) is 29.0 Å². The number of piperidine rings is 1. The first kappa shape index (κ1) is 71.0. The van der Waals surface area contributed by atoms with Crippen LogP contribution in [0.3, 0.4) is 0 Å². The van der Waals surface area contributed by atoms with E-state index in [1.165, 1.54) is 84.4 Å². The van der Waals surface area contributed by atoms with Crippen molar-refractivity contribution in [2.24, 2.45) is 65.0 Å². The minimum absolute atomic E-state index is 0.129. The fraction of sp³-hybridized carbons (Fsp3) is 0.795. The molecule has 0 unspecified atom stereocenters. The van der Waals surface area contributed by atoms with Crippen molar-refractivity contribution < 1.29 is 0 Å². The van der Waals surface area contributed by atoms with Crippen LogP contribution in [0.2, 0.25) is 0 Å². The zero-order chi connectivity index (χ0) is 63.2. The number of likely N-dealkylation sites (tertiary alicyclic amines) is 1. The first-order valence-corrected chi connectivity index (χ1v) is 32.5. The Kier molecular flexibility index (Phi) is 19.6. The number of fused-ring (bicyclic) bond motifs is 3. The lowest BCUT2D eigenvalue weighted by atomic mass is 9.50. The summed E-state index contributed by atoms with van der Waals surface area (Å²) in [4.78, 5) is 12.3. The fourth-order valence-corrected chi connectivity index (χ4v) is 16.8. The monoisotopic (exact) mass is 1110 g/mol. The van der Waals surface area contributed by atoms with Crippen molar-refractivity contribution in [3.63, 3.8) is 0 Å². The summed E-state index contributed by atoms with van der Waals surface area (Å²) >= 11 is 0. The minimum Gasteiger partial charge on any atom is -0.298 e. The van der Waals surface area contributed by atoms with E-state index in [0.717, 1.165) is 19.3 Å². The average Bonchev–Trinajstić information content (AvgIpc) is 3.98. The zero-order valence-electron chi connectivity index (χ0n) is 61.0. The normalized spacial score (nSPS) is 19.7. The van der Waals surface area contributed by atoms with Gasteiger partial charge in [0.2, 0.25) is 0 Å². The first-order chi connectivity index (χ1) is 35.6. The molecular weight excluding hydrogens is 979 g/mol. The van der Waals surface area contributed by atoms with Gasteiger partial charge in [-0.1, -0.05) is 253 Å². The van der Waals surface area contributed by atoms with Gasteiger partial charge in [0.25, 0.3) is 0 Å². The van der Waals surface area contributed by atoms with Crippen LogP contribution in [0.4, 0.5) is 0 Å². The van der Waals surface area contributed by atoms with Crippen molar-refractivity contribution in [1.29, 1.82) is 0 Å². The summed E-state index contributed by atoms with van der Waals surface area (Å²) in [5.41, 5.74) is 17.8. The number of benzene rings is 1. The number of hydrogen-bond acceptors (Lipinski definition) is 3. The van der Waals surface area contributed by atoms with Crippen LogP contribution < -0.4 is 0 Å². The standard InChI is InChI=1S/C21H34.2C20H33N.C17H35N/c1-18(2,3)17-11-10-15-13-21(19(4,5)6,20(7,8)9)14-16(15)12-17;1-17(2,3)16-10-14-11-20(18(4,5)6,19(7,8)9)12-15(14)13-21-16;1-17(2,3)15-10-14-11-20(18(4,5)6,19(7,8)9)12-16(14)21-13-15;1-14(2,3)17(15(4,5)6)10-12-18(13-11-17)16(7,8)9/h10-12H,13-14H2,1-9H3;2*10,13H,11-12H2,1-9H3;10-13H2,1-9H3. The molecule has 1 fully saturated rings. The molecule has 0 saturated carbocycles. The molecule has 2 aromatic heterocycles. The quantitative estimate of drug-likeness (QED) is 0.225. The van der Waals surface area contributed by atoms with E-state index in [1.807, 2.05) is 0 Å². The highest BCUT2D eigenvalue weighted by Gasteiger charge is 2.57. The van der Waals surface area contributed by atoms with Gasteiger partial charge < -0.3 is 0 Å². The van der Waals surface area contributed by atoms with Crippen LogP contribution in [-0.2, 0) is 54.8 Å². The lowest BCUT2D eigenvalue weighted by molar-refractivity contribution is -0.0947. The Bertz CT molecular complexity index is 2290. The molecule has 3 heteroatoms. The molecule has 0 atom stereocenters. The molecule has 81 heavy (non-hydrogen) atoms. The highest BCUT2D eigenvalue weighted by Crippen LogP contribution is 2.62. The summed E-state index contributed by atoms with van der Waals surface area (Å²) < 4.78 is 0.